The van der Waals surface area contributed by atoms with Gasteiger partial charge >= 0.3 is 5.97 Å². The van der Waals surface area contributed by atoms with Crippen LogP contribution in [0.2, 0.25) is 0 Å². The van der Waals surface area contributed by atoms with E-state index in [9.17, 15) is 13.2 Å². The van der Waals surface area contributed by atoms with E-state index in [0.29, 0.717) is 16.6 Å². The Kier molecular flexibility index (Phi) is 2.95. The van der Waals surface area contributed by atoms with Crippen molar-refractivity contribution in [2.24, 2.45) is 0 Å². The molecule has 0 saturated carbocycles. The van der Waals surface area contributed by atoms with Crippen molar-refractivity contribution < 1.29 is 22.7 Å². The molecule has 1 aromatic carbocycles. The van der Waals surface area contributed by atoms with Crippen LogP contribution in [-0.2, 0) is 10.0 Å². The molecule has 0 aliphatic rings. The summed E-state index contributed by atoms with van der Waals surface area (Å²) < 4.78 is 31.2. The van der Waals surface area contributed by atoms with Gasteiger partial charge in [-0.3, -0.25) is 4.72 Å². The van der Waals surface area contributed by atoms with E-state index in [0.717, 1.165) is 6.26 Å². The van der Waals surface area contributed by atoms with Crippen molar-refractivity contribution in [3.63, 3.8) is 0 Å². The molecule has 0 spiro atoms. The minimum absolute atomic E-state index is 0.0142. The first-order chi connectivity index (χ1) is 9.97. The molecule has 0 aliphatic carbocycles. The van der Waals surface area contributed by atoms with Gasteiger partial charge in [0.1, 0.15) is 11.2 Å². The van der Waals surface area contributed by atoms with Gasteiger partial charge in [0.25, 0.3) is 10.0 Å². The van der Waals surface area contributed by atoms with E-state index in [1.807, 2.05) is 0 Å². The molecular formula is C13H10N2O5S. The van der Waals surface area contributed by atoms with Gasteiger partial charge in [0.15, 0.2) is 0 Å². The normalized spacial score (nSPS) is 11.6. The molecule has 0 saturated heterocycles. The van der Waals surface area contributed by atoms with Crippen LogP contribution in [-0.4, -0.2) is 24.5 Å². The van der Waals surface area contributed by atoms with Gasteiger partial charge in [-0.15, -0.1) is 0 Å². The molecule has 0 unspecified atom stereocenters. The molecule has 0 atom stereocenters. The predicted octanol–water partition coefficient (Wildman–Crippen LogP) is 2.26. The van der Waals surface area contributed by atoms with Gasteiger partial charge in [-0.2, -0.15) is 0 Å². The third kappa shape index (κ3) is 2.36. The Hall–Kier alpha value is -2.74. The van der Waals surface area contributed by atoms with Crippen LogP contribution in [0.3, 0.4) is 0 Å². The summed E-state index contributed by atoms with van der Waals surface area (Å²) in [5.41, 5.74) is 0.983. The van der Waals surface area contributed by atoms with Crippen molar-refractivity contribution in [1.29, 1.82) is 0 Å². The number of aromatic nitrogens is 1. The van der Waals surface area contributed by atoms with Gasteiger partial charge < -0.3 is 14.5 Å². The lowest BCUT2D eigenvalue weighted by atomic mass is 10.1. The molecule has 2 aromatic heterocycles. The SMILES string of the molecule is O=C(O)c1c[nH]c2cc(NS(=O)(=O)c3ccoc3)ccc12. The van der Waals surface area contributed by atoms with Gasteiger partial charge in [0.05, 0.1) is 17.5 Å². The monoisotopic (exact) mass is 306 g/mol. The van der Waals surface area contributed by atoms with Crippen molar-refractivity contribution in [3.8, 4) is 0 Å². The number of rotatable bonds is 4. The molecule has 3 aromatic rings. The second-order valence-electron chi connectivity index (χ2n) is 4.33. The Morgan fingerprint density at radius 1 is 1.29 bits per heavy atom. The third-order valence-corrected chi connectivity index (χ3v) is 4.33. The number of hydrogen-bond donors (Lipinski definition) is 3. The lowest BCUT2D eigenvalue weighted by Crippen LogP contribution is -2.11. The van der Waals surface area contributed by atoms with Crippen molar-refractivity contribution >= 4 is 32.6 Å². The van der Waals surface area contributed by atoms with Crippen molar-refractivity contribution in [3.05, 3.63) is 48.6 Å². The van der Waals surface area contributed by atoms with Crippen LogP contribution in [0.1, 0.15) is 10.4 Å². The van der Waals surface area contributed by atoms with Crippen molar-refractivity contribution in [1.82, 2.24) is 4.98 Å². The zero-order valence-corrected chi connectivity index (χ0v) is 11.3. The maximum Gasteiger partial charge on any atom is 0.337 e. The van der Waals surface area contributed by atoms with Crippen LogP contribution in [0, 0.1) is 0 Å². The fraction of sp³-hybridized carbons (Fsp3) is 0. The maximum absolute atomic E-state index is 12.0. The minimum atomic E-state index is -3.72. The lowest BCUT2D eigenvalue weighted by Gasteiger charge is -2.06. The Bertz CT molecular complexity index is 909. The van der Waals surface area contributed by atoms with E-state index in [1.165, 1.54) is 30.7 Å². The molecule has 7 nitrogen and oxygen atoms in total. The van der Waals surface area contributed by atoms with Gasteiger partial charge in [0.2, 0.25) is 0 Å². The highest BCUT2D eigenvalue weighted by atomic mass is 32.2. The molecule has 0 amide bonds. The van der Waals surface area contributed by atoms with Crippen LogP contribution in [0.4, 0.5) is 5.69 Å². The number of carboxylic acid groups (broad SMARTS) is 1. The van der Waals surface area contributed by atoms with Crippen LogP contribution >= 0.6 is 0 Å². The van der Waals surface area contributed by atoms with E-state index in [2.05, 4.69) is 9.71 Å². The first kappa shape index (κ1) is 13.3. The fourth-order valence-corrected chi connectivity index (χ4v) is 2.96. The van der Waals surface area contributed by atoms with Crippen LogP contribution < -0.4 is 4.72 Å². The van der Waals surface area contributed by atoms with Crippen LogP contribution in [0.15, 0.2) is 52.3 Å². The average molecular weight is 306 g/mol. The highest BCUT2D eigenvalue weighted by Crippen LogP contribution is 2.24. The Morgan fingerprint density at radius 3 is 2.76 bits per heavy atom. The third-order valence-electron chi connectivity index (χ3n) is 2.97. The van der Waals surface area contributed by atoms with E-state index >= 15 is 0 Å². The number of carboxylic acids is 1. The van der Waals surface area contributed by atoms with Gasteiger partial charge in [-0.25, -0.2) is 13.2 Å². The zero-order chi connectivity index (χ0) is 15.0. The van der Waals surface area contributed by atoms with E-state index in [1.54, 1.807) is 6.07 Å². The molecule has 108 valence electrons. The van der Waals surface area contributed by atoms with Crippen molar-refractivity contribution in [2.75, 3.05) is 4.72 Å². The first-order valence-corrected chi connectivity index (χ1v) is 7.35. The van der Waals surface area contributed by atoms with Crippen LogP contribution in [0.5, 0.6) is 0 Å². The topological polar surface area (TPSA) is 112 Å². The Labute approximate surface area is 119 Å². The number of fused-ring (bicyclic) bond motifs is 1. The summed E-state index contributed by atoms with van der Waals surface area (Å²) in [4.78, 5) is 13.8. The summed E-state index contributed by atoms with van der Waals surface area (Å²) in [5.74, 6) is -1.05. The van der Waals surface area contributed by atoms with E-state index in [4.69, 9.17) is 9.52 Å². The Balaban J connectivity index is 1.98. The summed E-state index contributed by atoms with van der Waals surface area (Å²) >= 11 is 0. The first-order valence-electron chi connectivity index (χ1n) is 5.87. The summed E-state index contributed by atoms with van der Waals surface area (Å²) in [7, 11) is -3.72. The van der Waals surface area contributed by atoms with Crippen LogP contribution in [0.25, 0.3) is 10.9 Å². The second kappa shape index (κ2) is 4.67. The number of anilines is 1. The fourth-order valence-electron chi connectivity index (χ4n) is 1.99. The number of benzene rings is 1. The van der Waals surface area contributed by atoms with Gasteiger partial charge in [0, 0.05) is 17.1 Å². The predicted molar refractivity (Wildman–Crippen MR) is 74.8 cm³/mol. The number of aromatic carboxylic acids is 1. The number of H-pyrrole nitrogens is 1. The summed E-state index contributed by atoms with van der Waals surface area (Å²) in [5, 5.41) is 9.52. The Morgan fingerprint density at radius 2 is 2.10 bits per heavy atom. The molecule has 3 rings (SSSR count). The summed E-state index contributed by atoms with van der Waals surface area (Å²) in [6.45, 7) is 0. The molecule has 0 bridgehead atoms. The lowest BCUT2D eigenvalue weighted by molar-refractivity contribution is 0.0699. The molecule has 21 heavy (non-hydrogen) atoms. The molecule has 0 radical (unpaired) electrons. The molecule has 8 heteroatoms. The van der Waals surface area contributed by atoms with Crippen molar-refractivity contribution in [2.45, 2.75) is 4.90 Å². The number of aromatic amines is 1. The largest absolute Gasteiger partial charge is 0.478 e. The summed E-state index contributed by atoms with van der Waals surface area (Å²) in [6.07, 6.45) is 3.75. The number of carbonyl (C=O) groups is 1. The molecule has 0 fully saturated rings. The number of hydrogen-bond acceptors (Lipinski definition) is 4. The molecule has 3 N–H and O–H groups in total. The molecule has 0 aliphatic heterocycles. The minimum Gasteiger partial charge on any atom is -0.478 e. The van der Waals surface area contributed by atoms with Gasteiger partial charge in [-0.05, 0) is 24.3 Å². The quantitative estimate of drug-likeness (QED) is 0.684. The maximum atomic E-state index is 12.0. The van der Waals surface area contributed by atoms with E-state index < -0.39 is 16.0 Å². The number of sulfonamides is 1. The smallest absolute Gasteiger partial charge is 0.337 e. The van der Waals surface area contributed by atoms with Gasteiger partial charge in [-0.1, -0.05) is 0 Å². The van der Waals surface area contributed by atoms with E-state index in [-0.39, 0.29) is 10.5 Å². The molecule has 2 heterocycles. The summed E-state index contributed by atoms with van der Waals surface area (Å²) in [6, 6.07) is 5.90. The zero-order valence-electron chi connectivity index (χ0n) is 10.5. The second-order valence-corrected chi connectivity index (χ2v) is 6.01. The highest BCUT2D eigenvalue weighted by Gasteiger charge is 2.16. The highest BCUT2D eigenvalue weighted by molar-refractivity contribution is 7.92. The number of nitrogens with one attached hydrogen (secondary N) is 2. The standard InChI is InChI=1S/C13H10N2O5S/c16-13(17)11-6-14-12-5-8(1-2-10(11)12)15-21(18,19)9-3-4-20-7-9/h1-7,14-15H,(H,16,17). The molecular weight excluding hydrogens is 296 g/mol. The number of furan rings is 1. The average Bonchev–Trinajstić information content (AvgIpc) is 3.07.